The number of unbranched alkanes of at least 4 members (excludes halogenated alkanes) is 1. The van der Waals surface area contributed by atoms with Crippen LogP contribution in [0.5, 0.6) is 0 Å². The van der Waals surface area contributed by atoms with E-state index in [1.54, 1.807) is 0 Å². The van der Waals surface area contributed by atoms with Crippen LogP contribution >= 0.6 is 11.8 Å². The zero-order valence-electron chi connectivity index (χ0n) is 11.1. The van der Waals surface area contributed by atoms with Crippen LogP contribution in [-0.4, -0.2) is 29.1 Å². The van der Waals surface area contributed by atoms with E-state index in [-0.39, 0.29) is 6.03 Å². The summed E-state index contributed by atoms with van der Waals surface area (Å²) in [5.41, 5.74) is 0.453. The van der Waals surface area contributed by atoms with Crippen molar-refractivity contribution >= 4 is 17.8 Å². The summed E-state index contributed by atoms with van der Waals surface area (Å²) in [7, 11) is 0. The summed E-state index contributed by atoms with van der Waals surface area (Å²) in [6, 6.07) is 0.780. The Balaban J connectivity index is 1.68. The largest absolute Gasteiger partial charge is 0.332 e. The molecule has 2 heterocycles. The standard InChI is InChI=1S/C13H24N2OS/c1-13(2,3)7-5-4-6-10-11-9(8-17-10)14-12(16)15-11/h9-11H,4-8H2,1-3H3,(H2,14,15,16)/t9-,10?,11-/m0/s1. The van der Waals surface area contributed by atoms with Gasteiger partial charge in [-0.05, 0) is 18.3 Å². The van der Waals surface area contributed by atoms with E-state index in [1.807, 2.05) is 11.8 Å². The normalized spacial score (nSPS) is 32.2. The molecule has 2 aliphatic heterocycles. The van der Waals surface area contributed by atoms with Crippen LogP contribution in [0.4, 0.5) is 4.79 Å². The number of hydrogen-bond acceptors (Lipinski definition) is 2. The predicted octanol–water partition coefficient (Wildman–Crippen LogP) is 2.76. The summed E-state index contributed by atoms with van der Waals surface area (Å²) in [5.74, 6) is 1.08. The molecule has 0 saturated carbocycles. The quantitative estimate of drug-likeness (QED) is 0.600. The number of rotatable bonds is 4. The molecule has 2 fully saturated rings. The molecule has 0 radical (unpaired) electrons. The second-order valence-electron chi connectivity index (χ2n) is 6.43. The van der Waals surface area contributed by atoms with E-state index in [4.69, 9.17) is 0 Å². The average Bonchev–Trinajstić information content (AvgIpc) is 2.71. The van der Waals surface area contributed by atoms with E-state index >= 15 is 0 Å². The third kappa shape index (κ3) is 3.54. The maximum absolute atomic E-state index is 11.2. The molecule has 2 amide bonds. The fraction of sp³-hybridized carbons (Fsp3) is 0.923. The van der Waals surface area contributed by atoms with Crippen molar-refractivity contribution in [3.8, 4) is 0 Å². The van der Waals surface area contributed by atoms with Crippen molar-refractivity contribution in [2.24, 2.45) is 5.41 Å². The molecule has 2 saturated heterocycles. The number of thioether (sulfide) groups is 1. The lowest BCUT2D eigenvalue weighted by Gasteiger charge is -2.20. The number of urea groups is 1. The highest BCUT2D eigenvalue weighted by Gasteiger charge is 2.42. The summed E-state index contributed by atoms with van der Waals surface area (Å²) >= 11 is 2.02. The Kier molecular flexibility index (Phi) is 3.91. The molecule has 17 heavy (non-hydrogen) atoms. The molecule has 0 aliphatic carbocycles. The van der Waals surface area contributed by atoms with Gasteiger partial charge in [-0.1, -0.05) is 33.6 Å². The van der Waals surface area contributed by atoms with Gasteiger partial charge in [-0.25, -0.2) is 4.79 Å². The van der Waals surface area contributed by atoms with Gasteiger partial charge in [-0.3, -0.25) is 0 Å². The van der Waals surface area contributed by atoms with E-state index in [0.717, 1.165) is 5.75 Å². The highest BCUT2D eigenvalue weighted by atomic mass is 32.2. The third-order valence-corrected chi connectivity index (χ3v) is 5.11. The van der Waals surface area contributed by atoms with E-state index in [0.29, 0.717) is 22.7 Å². The maximum Gasteiger partial charge on any atom is 0.315 e. The molecule has 1 unspecified atom stereocenters. The Hall–Kier alpha value is -0.380. The summed E-state index contributed by atoms with van der Waals surface area (Å²) in [6.07, 6.45) is 5.13. The van der Waals surface area contributed by atoms with E-state index in [2.05, 4.69) is 31.4 Å². The van der Waals surface area contributed by atoms with Crippen LogP contribution < -0.4 is 10.6 Å². The molecule has 98 valence electrons. The number of hydrogen-bond donors (Lipinski definition) is 2. The van der Waals surface area contributed by atoms with Gasteiger partial charge < -0.3 is 10.6 Å². The van der Waals surface area contributed by atoms with Gasteiger partial charge >= 0.3 is 6.03 Å². The van der Waals surface area contributed by atoms with Gasteiger partial charge in [-0.2, -0.15) is 11.8 Å². The van der Waals surface area contributed by atoms with Gasteiger partial charge in [0.25, 0.3) is 0 Å². The van der Waals surface area contributed by atoms with Crippen molar-refractivity contribution in [1.82, 2.24) is 10.6 Å². The van der Waals surface area contributed by atoms with Crippen LogP contribution in [0, 0.1) is 5.41 Å². The lowest BCUT2D eigenvalue weighted by Crippen LogP contribution is -2.36. The second kappa shape index (κ2) is 5.09. The molecule has 0 aromatic rings. The Labute approximate surface area is 108 Å². The number of amides is 2. The first-order valence-corrected chi connectivity index (χ1v) is 7.69. The average molecular weight is 256 g/mol. The number of nitrogens with one attached hydrogen (secondary N) is 2. The van der Waals surface area contributed by atoms with Crippen LogP contribution in [0.3, 0.4) is 0 Å². The molecular weight excluding hydrogens is 232 g/mol. The number of fused-ring (bicyclic) bond motifs is 1. The number of carbonyl (C=O) groups excluding carboxylic acids is 1. The zero-order chi connectivity index (χ0) is 12.5. The lowest BCUT2D eigenvalue weighted by atomic mass is 9.89. The lowest BCUT2D eigenvalue weighted by molar-refractivity contribution is 0.247. The molecule has 4 heteroatoms. The van der Waals surface area contributed by atoms with Crippen molar-refractivity contribution in [2.45, 2.75) is 63.8 Å². The summed E-state index contributed by atoms with van der Waals surface area (Å²) in [6.45, 7) is 6.90. The Morgan fingerprint density at radius 3 is 2.76 bits per heavy atom. The highest BCUT2D eigenvalue weighted by molar-refractivity contribution is 8.00. The van der Waals surface area contributed by atoms with Crippen molar-refractivity contribution in [3.05, 3.63) is 0 Å². The molecule has 0 aromatic heterocycles. The molecule has 0 spiro atoms. The molecular formula is C13H24N2OS. The van der Waals surface area contributed by atoms with Crippen molar-refractivity contribution < 1.29 is 4.79 Å². The minimum absolute atomic E-state index is 0.0278. The van der Waals surface area contributed by atoms with Crippen molar-refractivity contribution in [1.29, 1.82) is 0 Å². The van der Waals surface area contributed by atoms with Crippen LogP contribution in [0.1, 0.15) is 46.5 Å². The second-order valence-corrected chi connectivity index (χ2v) is 7.70. The Morgan fingerprint density at radius 1 is 1.29 bits per heavy atom. The van der Waals surface area contributed by atoms with Crippen molar-refractivity contribution in [3.63, 3.8) is 0 Å². The van der Waals surface area contributed by atoms with E-state index < -0.39 is 0 Å². The van der Waals surface area contributed by atoms with Gasteiger partial charge in [0.1, 0.15) is 0 Å². The van der Waals surface area contributed by atoms with Gasteiger partial charge in [0, 0.05) is 11.0 Å². The molecule has 3 nitrogen and oxygen atoms in total. The fourth-order valence-corrected chi connectivity index (χ4v) is 4.19. The number of carbonyl (C=O) groups is 1. The smallest absolute Gasteiger partial charge is 0.315 e. The SMILES string of the molecule is CC(C)(C)CCCCC1SC[C@@H]2NC(=O)N[C@H]12. The van der Waals surface area contributed by atoms with E-state index in [9.17, 15) is 4.79 Å². The minimum Gasteiger partial charge on any atom is -0.332 e. The third-order valence-electron chi connectivity index (χ3n) is 3.60. The van der Waals surface area contributed by atoms with Crippen LogP contribution in [0.2, 0.25) is 0 Å². The first kappa shape index (κ1) is 13.1. The fourth-order valence-electron chi connectivity index (χ4n) is 2.64. The molecule has 3 atom stereocenters. The topological polar surface area (TPSA) is 41.1 Å². The molecule has 2 N–H and O–H groups in total. The van der Waals surface area contributed by atoms with Crippen LogP contribution in [0.15, 0.2) is 0 Å². The first-order chi connectivity index (χ1) is 7.96. The summed E-state index contributed by atoms with van der Waals surface area (Å²) < 4.78 is 0. The van der Waals surface area contributed by atoms with Crippen LogP contribution in [0.25, 0.3) is 0 Å². The van der Waals surface area contributed by atoms with Gasteiger partial charge in [0.2, 0.25) is 0 Å². The van der Waals surface area contributed by atoms with Gasteiger partial charge in [-0.15, -0.1) is 0 Å². The van der Waals surface area contributed by atoms with E-state index in [1.165, 1.54) is 25.7 Å². The predicted molar refractivity (Wildman–Crippen MR) is 73.4 cm³/mol. The maximum atomic E-state index is 11.2. The summed E-state index contributed by atoms with van der Waals surface area (Å²) in [4.78, 5) is 11.2. The molecule has 2 aliphatic rings. The Bertz CT molecular complexity index is 288. The molecule has 2 rings (SSSR count). The first-order valence-electron chi connectivity index (χ1n) is 6.64. The highest BCUT2D eigenvalue weighted by Crippen LogP contribution is 2.33. The summed E-state index contributed by atoms with van der Waals surface area (Å²) in [5, 5.41) is 6.67. The molecule has 0 bridgehead atoms. The molecule has 0 aromatic carbocycles. The van der Waals surface area contributed by atoms with Gasteiger partial charge in [0.15, 0.2) is 0 Å². The Morgan fingerprint density at radius 2 is 2.06 bits per heavy atom. The van der Waals surface area contributed by atoms with Gasteiger partial charge in [0.05, 0.1) is 12.1 Å². The zero-order valence-corrected chi connectivity index (χ0v) is 11.9. The van der Waals surface area contributed by atoms with Crippen molar-refractivity contribution in [2.75, 3.05) is 5.75 Å². The minimum atomic E-state index is 0.0278. The monoisotopic (exact) mass is 256 g/mol. The van der Waals surface area contributed by atoms with Crippen LogP contribution in [-0.2, 0) is 0 Å².